The Kier molecular flexibility index (Phi) is 1.78. The Bertz CT molecular complexity index is 220. The number of benzene rings is 1. The normalized spacial score (nSPS) is 16.4. The van der Waals surface area contributed by atoms with Crippen LogP contribution < -0.4 is 10.9 Å². The van der Waals surface area contributed by atoms with Crippen molar-refractivity contribution in [1.82, 2.24) is 5.43 Å². The predicted octanol–water partition coefficient (Wildman–Crippen LogP) is 1.55. The topological polar surface area (TPSA) is 24.1 Å². The van der Waals surface area contributed by atoms with Crippen molar-refractivity contribution < 1.29 is 0 Å². The van der Waals surface area contributed by atoms with Gasteiger partial charge in [-0.25, -0.2) is 5.43 Å². The van der Waals surface area contributed by atoms with Gasteiger partial charge in [-0.15, -0.1) is 0 Å². The quantitative estimate of drug-likeness (QED) is 0.583. The molecule has 0 bridgehead atoms. The highest BCUT2D eigenvalue weighted by Gasteiger charge is 2.03. The van der Waals surface area contributed by atoms with Gasteiger partial charge in [0.2, 0.25) is 0 Å². The molecule has 1 aromatic rings. The average Bonchev–Trinajstić information content (AvgIpc) is 2.28. The minimum Gasteiger partial charge on any atom is -0.321 e. The number of fused-ring (bicyclic) bond motifs is 1. The molecule has 0 aromatic heterocycles. The summed E-state index contributed by atoms with van der Waals surface area (Å²) in [6.07, 6.45) is 2.39. The molecule has 58 valence electrons. The second-order valence-electron chi connectivity index (χ2n) is 2.81. The Morgan fingerprint density at radius 1 is 1.18 bits per heavy atom. The van der Waals surface area contributed by atoms with Crippen molar-refractivity contribution in [2.24, 2.45) is 0 Å². The number of rotatable bonds is 0. The zero-order valence-corrected chi connectivity index (χ0v) is 6.43. The Labute approximate surface area is 66.6 Å². The maximum atomic E-state index is 3.18. The lowest BCUT2D eigenvalue weighted by atomic mass is 10.1. The van der Waals surface area contributed by atoms with Gasteiger partial charge in [-0.1, -0.05) is 18.2 Å². The van der Waals surface area contributed by atoms with E-state index in [-0.39, 0.29) is 0 Å². The number of para-hydroxylation sites is 1. The monoisotopic (exact) mass is 148 g/mol. The van der Waals surface area contributed by atoms with Gasteiger partial charge in [-0.3, -0.25) is 0 Å². The molecular weight excluding hydrogens is 136 g/mol. The maximum absolute atomic E-state index is 3.18. The first-order chi connectivity index (χ1) is 5.47. The number of hydrogen-bond donors (Lipinski definition) is 2. The lowest BCUT2D eigenvalue weighted by molar-refractivity contribution is 0.741. The van der Waals surface area contributed by atoms with Crippen LogP contribution in [0.5, 0.6) is 0 Å². The number of hydrogen-bond acceptors (Lipinski definition) is 2. The number of nitrogens with one attached hydrogen (secondary N) is 2. The Balaban J connectivity index is 2.33. The fourth-order valence-electron chi connectivity index (χ4n) is 1.39. The number of anilines is 1. The Morgan fingerprint density at radius 3 is 3.09 bits per heavy atom. The average molecular weight is 148 g/mol. The summed E-state index contributed by atoms with van der Waals surface area (Å²) in [6.45, 7) is 1.05. The molecule has 0 saturated carbocycles. The number of aryl methyl sites for hydroxylation is 1. The molecule has 1 aliphatic heterocycles. The van der Waals surface area contributed by atoms with E-state index in [4.69, 9.17) is 0 Å². The smallest absolute Gasteiger partial charge is 0.0519 e. The lowest BCUT2D eigenvalue weighted by Crippen LogP contribution is -2.20. The second kappa shape index (κ2) is 2.93. The van der Waals surface area contributed by atoms with E-state index in [1.54, 1.807) is 0 Å². The predicted molar refractivity (Wildman–Crippen MR) is 46.4 cm³/mol. The molecule has 2 rings (SSSR count). The summed E-state index contributed by atoms with van der Waals surface area (Å²) in [5.41, 5.74) is 8.97. The van der Waals surface area contributed by atoms with E-state index in [9.17, 15) is 0 Å². The molecule has 2 N–H and O–H groups in total. The highest BCUT2D eigenvalue weighted by atomic mass is 15.4. The zero-order valence-electron chi connectivity index (χ0n) is 6.43. The van der Waals surface area contributed by atoms with Crippen molar-refractivity contribution >= 4 is 5.69 Å². The maximum Gasteiger partial charge on any atom is 0.0519 e. The van der Waals surface area contributed by atoms with Gasteiger partial charge in [-0.2, -0.15) is 0 Å². The highest BCUT2D eigenvalue weighted by Crippen LogP contribution is 2.17. The summed E-state index contributed by atoms with van der Waals surface area (Å²) in [5.74, 6) is 0. The second-order valence-corrected chi connectivity index (χ2v) is 2.81. The highest BCUT2D eigenvalue weighted by molar-refractivity contribution is 5.50. The largest absolute Gasteiger partial charge is 0.321 e. The summed E-state index contributed by atoms with van der Waals surface area (Å²) in [7, 11) is 0. The molecule has 0 fully saturated rings. The Morgan fingerprint density at radius 2 is 2.09 bits per heavy atom. The van der Waals surface area contributed by atoms with Crippen LogP contribution in [0.4, 0.5) is 5.69 Å². The van der Waals surface area contributed by atoms with Gasteiger partial charge in [0, 0.05) is 6.54 Å². The Hall–Kier alpha value is -1.02. The standard InChI is InChI=1S/C9H12N2/c1-2-6-9-8(4-1)5-3-7-10-11-9/h1-2,4,6,10-11H,3,5,7H2. The molecule has 11 heavy (non-hydrogen) atoms. The van der Waals surface area contributed by atoms with Crippen LogP contribution >= 0.6 is 0 Å². The van der Waals surface area contributed by atoms with Crippen LogP contribution in [-0.4, -0.2) is 6.54 Å². The molecule has 0 radical (unpaired) electrons. The molecule has 0 amide bonds. The van der Waals surface area contributed by atoms with E-state index in [1.807, 2.05) is 0 Å². The van der Waals surface area contributed by atoms with Gasteiger partial charge < -0.3 is 5.43 Å². The van der Waals surface area contributed by atoms with Crippen LogP contribution in [0.25, 0.3) is 0 Å². The molecular formula is C9H12N2. The fourth-order valence-corrected chi connectivity index (χ4v) is 1.39. The molecule has 2 nitrogen and oxygen atoms in total. The SMILES string of the molecule is c1ccc2c(c1)CCCNN2. The van der Waals surface area contributed by atoms with E-state index < -0.39 is 0 Å². The van der Waals surface area contributed by atoms with Crippen LogP contribution in [0.3, 0.4) is 0 Å². The van der Waals surface area contributed by atoms with Gasteiger partial charge >= 0.3 is 0 Å². The van der Waals surface area contributed by atoms with E-state index in [0.29, 0.717) is 0 Å². The van der Waals surface area contributed by atoms with E-state index >= 15 is 0 Å². The third-order valence-corrected chi connectivity index (χ3v) is 1.99. The first-order valence-corrected chi connectivity index (χ1v) is 4.03. The molecule has 0 saturated heterocycles. The molecule has 1 heterocycles. The lowest BCUT2D eigenvalue weighted by Gasteiger charge is -2.05. The fraction of sp³-hybridized carbons (Fsp3) is 0.333. The van der Waals surface area contributed by atoms with Crippen LogP contribution in [0.15, 0.2) is 24.3 Å². The van der Waals surface area contributed by atoms with Crippen molar-refractivity contribution in [3.05, 3.63) is 29.8 Å². The molecule has 0 aliphatic carbocycles. The summed E-state index contributed by atoms with van der Waals surface area (Å²) in [6, 6.07) is 8.42. The van der Waals surface area contributed by atoms with E-state index in [0.717, 1.165) is 6.54 Å². The molecule has 1 aliphatic rings. The molecule has 0 unspecified atom stereocenters. The van der Waals surface area contributed by atoms with Crippen LogP contribution in [0.1, 0.15) is 12.0 Å². The van der Waals surface area contributed by atoms with Crippen molar-refractivity contribution in [2.45, 2.75) is 12.8 Å². The van der Waals surface area contributed by atoms with Crippen LogP contribution in [0, 0.1) is 0 Å². The summed E-state index contributed by atoms with van der Waals surface area (Å²) >= 11 is 0. The minimum absolute atomic E-state index is 1.05. The summed E-state index contributed by atoms with van der Waals surface area (Å²) in [4.78, 5) is 0. The van der Waals surface area contributed by atoms with Crippen molar-refractivity contribution in [1.29, 1.82) is 0 Å². The number of hydrazine groups is 1. The summed E-state index contributed by atoms with van der Waals surface area (Å²) in [5, 5.41) is 0. The molecule has 2 heteroatoms. The van der Waals surface area contributed by atoms with Crippen molar-refractivity contribution in [2.75, 3.05) is 12.0 Å². The van der Waals surface area contributed by atoms with Crippen molar-refractivity contribution in [3.8, 4) is 0 Å². The molecule has 1 aromatic carbocycles. The van der Waals surface area contributed by atoms with Gasteiger partial charge in [0.1, 0.15) is 0 Å². The van der Waals surface area contributed by atoms with E-state index in [2.05, 4.69) is 35.1 Å². The van der Waals surface area contributed by atoms with Gasteiger partial charge in [-0.05, 0) is 24.5 Å². The van der Waals surface area contributed by atoms with Crippen LogP contribution in [-0.2, 0) is 6.42 Å². The third kappa shape index (κ3) is 1.35. The third-order valence-electron chi connectivity index (χ3n) is 1.99. The first kappa shape index (κ1) is 6.68. The first-order valence-electron chi connectivity index (χ1n) is 4.03. The molecule has 0 atom stereocenters. The summed E-state index contributed by atoms with van der Waals surface area (Å²) < 4.78 is 0. The van der Waals surface area contributed by atoms with Gasteiger partial charge in [0.15, 0.2) is 0 Å². The molecule has 0 spiro atoms. The van der Waals surface area contributed by atoms with Crippen molar-refractivity contribution in [3.63, 3.8) is 0 Å². The van der Waals surface area contributed by atoms with Gasteiger partial charge in [0.25, 0.3) is 0 Å². The zero-order chi connectivity index (χ0) is 7.52. The minimum atomic E-state index is 1.05. The van der Waals surface area contributed by atoms with Gasteiger partial charge in [0.05, 0.1) is 5.69 Å². The van der Waals surface area contributed by atoms with Crippen LogP contribution in [0.2, 0.25) is 0 Å². The van der Waals surface area contributed by atoms with E-state index in [1.165, 1.54) is 24.1 Å².